The van der Waals surface area contributed by atoms with Crippen LogP contribution in [-0.4, -0.2) is 18.5 Å². The topological polar surface area (TPSA) is 36.4 Å². The predicted molar refractivity (Wildman–Crippen MR) is 92.6 cm³/mol. The third-order valence-electron chi connectivity index (χ3n) is 2.10. The molecule has 0 unspecified atom stereocenters. The third kappa shape index (κ3) is 7.71. The van der Waals surface area contributed by atoms with Crippen LogP contribution < -0.4 is 10.6 Å². The van der Waals surface area contributed by atoms with Gasteiger partial charge in [-0.3, -0.25) is 4.99 Å². The smallest absolute Gasteiger partial charge is 0.191 e. The molecule has 1 rings (SSSR count). The molecule has 3 nitrogen and oxygen atoms in total. The molecule has 2 N–H and O–H groups in total. The van der Waals surface area contributed by atoms with Crippen molar-refractivity contribution >= 4 is 45.9 Å². The standard InChI is InChI=1S/C13H19BrFN3.HI/c1-13(2,3)18-12(16-4)17-8-9-5-10(14)7-11(15)6-9;/h5-7H,8H2,1-4H3,(H2,16,17,18);1H. The lowest BCUT2D eigenvalue weighted by molar-refractivity contribution is 0.501. The van der Waals surface area contributed by atoms with Gasteiger partial charge in [-0.05, 0) is 44.5 Å². The lowest BCUT2D eigenvalue weighted by Gasteiger charge is -2.23. The molecule has 0 spiro atoms. The fraction of sp³-hybridized carbons (Fsp3) is 0.462. The van der Waals surface area contributed by atoms with Gasteiger partial charge in [0.15, 0.2) is 5.96 Å². The first-order chi connectivity index (χ1) is 8.30. The van der Waals surface area contributed by atoms with Crippen molar-refractivity contribution in [1.82, 2.24) is 10.6 Å². The molecule has 0 aliphatic carbocycles. The first kappa shape index (κ1) is 18.6. The molecule has 0 aromatic heterocycles. The molecule has 0 radical (unpaired) electrons. The Kier molecular flexibility index (Phi) is 7.88. The van der Waals surface area contributed by atoms with Gasteiger partial charge in [0, 0.05) is 23.6 Å². The Morgan fingerprint density at radius 3 is 2.42 bits per heavy atom. The first-order valence-corrected chi connectivity index (χ1v) is 6.53. The zero-order valence-corrected chi connectivity index (χ0v) is 15.5. The van der Waals surface area contributed by atoms with Crippen molar-refractivity contribution in [2.75, 3.05) is 7.05 Å². The van der Waals surface area contributed by atoms with Crippen LogP contribution in [-0.2, 0) is 6.54 Å². The summed E-state index contributed by atoms with van der Waals surface area (Å²) in [5, 5.41) is 6.39. The Hall–Kier alpha value is -0.370. The summed E-state index contributed by atoms with van der Waals surface area (Å²) in [7, 11) is 1.71. The molecule has 0 aliphatic rings. The quantitative estimate of drug-likeness (QED) is 0.415. The summed E-state index contributed by atoms with van der Waals surface area (Å²) in [6, 6.07) is 4.81. The number of nitrogens with zero attached hydrogens (tertiary/aromatic N) is 1. The van der Waals surface area contributed by atoms with Gasteiger partial charge in [-0.2, -0.15) is 0 Å². The molecule has 0 amide bonds. The van der Waals surface area contributed by atoms with Gasteiger partial charge in [-0.1, -0.05) is 15.9 Å². The van der Waals surface area contributed by atoms with Gasteiger partial charge in [-0.25, -0.2) is 4.39 Å². The average Bonchev–Trinajstić information content (AvgIpc) is 2.21. The van der Waals surface area contributed by atoms with Crippen LogP contribution in [0.2, 0.25) is 0 Å². The van der Waals surface area contributed by atoms with E-state index in [9.17, 15) is 4.39 Å². The molecule has 0 fully saturated rings. The maximum atomic E-state index is 13.2. The molecular formula is C13H20BrFIN3. The Bertz CT molecular complexity index is 424. The SMILES string of the molecule is CN=C(NCc1cc(F)cc(Br)c1)NC(C)(C)C.I. The van der Waals surface area contributed by atoms with Crippen LogP contribution in [0, 0.1) is 5.82 Å². The van der Waals surface area contributed by atoms with E-state index < -0.39 is 0 Å². The molecular weight excluding hydrogens is 424 g/mol. The summed E-state index contributed by atoms with van der Waals surface area (Å²) < 4.78 is 13.9. The minimum absolute atomic E-state index is 0. The van der Waals surface area contributed by atoms with Gasteiger partial charge in [0.1, 0.15) is 5.82 Å². The van der Waals surface area contributed by atoms with Crippen LogP contribution in [0.3, 0.4) is 0 Å². The normalized spacial score (nSPS) is 11.8. The third-order valence-corrected chi connectivity index (χ3v) is 2.56. The number of hydrogen-bond acceptors (Lipinski definition) is 1. The van der Waals surface area contributed by atoms with E-state index in [2.05, 4.69) is 52.3 Å². The van der Waals surface area contributed by atoms with E-state index in [0.29, 0.717) is 12.5 Å². The van der Waals surface area contributed by atoms with Crippen molar-refractivity contribution < 1.29 is 4.39 Å². The van der Waals surface area contributed by atoms with Gasteiger partial charge in [0.2, 0.25) is 0 Å². The van der Waals surface area contributed by atoms with Crippen molar-refractivity contribution in [3.05, 3.63) is 34.1 Å². The number of halogens is 3. The maximum absolute atomic E-state index is 13.2. The van der Waals surface area contributed by atoms with E-state index >= 15 is 0 Å². The Labute approximate surface area is 139 Å². The highest BCUT2D eigenvalue weighted by Crippen LogP contribution is 2.14. The molecule has 1 aromatic carbocycles. The van der Waals surface area contributed by atoms with E-state index in [-0.39, 0.29) is 35.3 Å². The number of benzene rings is 1. The second kappa shape index (κ2) is 8.04. The Morgan fingerprint density at radius 2 is 1.95 bits per heavy atom. The Balaban J connectivity index is 0.00000324. The van der Waals surface area contributed by atoms with Crippen molar-refractivity contribution in [1.29, 1.82) is 0 Å². The number of rotatable bonds is 2. The molecule has 0 saturated heterocycles. The van der Waals surface area contributed by atoms with E-state index in [4.69, 9.17) is 0 Å². The zero-order valence-electron chi connectivity index (χ0n) is 11.6. The summed E-state index contributed by atoms with van der Waals surface area (Å²) in [4.78, 5) is 4.12. The number of hydrogen-bond donors (Lipinski definition) is 2. The molecule has 0 heterocycles. The summed E-state index contributed by atoms with van der Waals surface area (Å²) in [6.07, 6.45) is 0. The fourth-order valence-corrected chi connectivity index (χ4v) is 1.95. The van der Waals surface area contributed by atoms with Gasteiger partial charge < -0.3 is 10.6 Å². The molecule has 0 aliphatic heterocycles. The van der Waals surface area contributed by atoms with Crippen molar-refractivity contribution in [2.24, 2.45) is 4.99 Å². The highest BCUT2D eigenvalue weighted by Gasteiger charge is 2.11. The summed E-state index contributed by atoms with van der Waals surface area (Å²) in [6.45, 7) is 6.68. The van der Waals surface area contributed by atoms with Crippen LogP contribution in [0.1, 0.15) is 26.3 Å². The highest BCUT2D eigenvalue weighted by molar-refractivity contribution is 14.0. The molecule has 108 valence electrons. The number of nitrogens with one attached hydrogen (secondary N) is 2. The highest BCUT2D eigenvalue weighted by atomic mass is 127. The Morgan fingerprint density at radius 1 is 1.32 bits per heavy atom. The van der Waals surface area contributed by atoms with E-state index in [1.807, 2.05) is 6.07 Å². The van der Waals surface area contributed by atoms with E-state index in [1.54, 1.807) is 7.05 Å². The minimum atomic E-state index is -0.250. The van der Waals surface area contributed by atoms with Gasteiger partial charge >= 0.3 is 0 Å². The summed E-state index contributed by atoms with van der Waals surface area (Å²) >= 11 is 3.27. The monoisotopic (exact) mass is 443 g/mol. The molecule has 0 saturated carbocycles. The molecule has 19 heavy (non-hydrogen) atoms. The van der Waals surface area contributed by atoms with Crippen molar-refractivity contribution in [3.8, 4) is 0 Å². The minimum Gasteiger partial charge on any atom is -0.352 e. The van der Waals surface area contributed by atoms with Crippen molar-refractivity contribution in [3.63, 3.8) is 0 Å². The maximum Gasteiger partial charge on any atom is 0.191 e. The van der Waals surface area contributed by atoms with E-state index in [0.717, 1.165) is 10.0 Å². The van der Waals surface area contributed by atoms with Crippen LogP contribution in [0.25, 0.3) is 0 Å². The number of guanidine groups is 1. The molecule has 0 bridgehead atoms. The van der Waals surface area contributed by atoms with Gasteiger partial charge in [-0.15, -0.1) is 24.0 Å². The second-order valence-electron chi connectivity index (χ2n) is 5.08. The first-order valence-electron chi connectivity index (χ1n) is 5.74. The van der Waals surface area contributed by atoms with Crippen LogP contribution >= 0.6 is 39.9 Å². The van der Waals surface area contributed by atoms with Gasteiger partial charge in [0.05, 0.1) is 0 Å². The fourth-order valence-electron chi connectivity index (χ4n) is 1.43. The second-order valence-corrected chi connectivity index (χ2v) is 5.99. The summed E-state index contributed by atoms with van der Waals surface area (Å²) in [5.74, 6) is 0.447. The molecule has 1 aromatic rings. The lowest BCUT2D eigenvalue weighted by atomic mass is 10.1. The van der Waals surface area contributed by atoms with Gasteiger partial charge in [0.25, 0.3) is 0 Å². The van der Waals surface area contributed by atoms with Crippen LogP contribution in [0.5, 0.6) is 0 Å². The van der Waals surface area contributed by atoms with E-state index in [1.165, 1.54) is 12.1 Å². The number of aliphatic imine (C=N–C) groups is 1. The summed E-state index contributed by atoms with van der Waals surface area (Å²) in [5.41, 5.74) is 0.795. The van der Waals surface area contributed by atoms with Crippen molar-refractivity contribution in [2.45, 2.75) is 32.9 Å². The predicted octanol–water partition coefficient (Wildman–Crippen LogP) is 3.67. The molecule has 0 atom stereocenters. The van der Waals surface area contributed by atoms with Crippen LogP contribution in [0.4, 0.5) is 4.39 Å². The van der Waals surface area contributed by atoms with Crippen LogP contribution in [0.15, 0.2) is 27.7 Å². The lowest BCUT2D eigenvalue weighted by Crippen LogP contribution is -2.47. The zero-order chi connectivity index (χ0) is 13.8. The average molecular weight is 444 g/mol. The molecule has 6 heteroatoms. The largest absolute Gasteiger partial charge is 0.352 e.